The van der Waals surface area contributed by atoms with E-state index in [2.05, 4.69) is 28.3 Å². The van der Waals surface area contributed by atoms with Crippen LogP contribution >= 0.6 is 0 Å². The van der Waals surface area contributed by atoms with Gasteiger partial charge in [-0.25, -0.2) is 0 Å². The van der Waals surface area contributed by atoms with Crippen LogP contribution in [0.25, 0.3) is 0 Å². The van der Waals surface area contributed by atoms with Gasteiger partial charge in [0.15, 0.2) is 0 Å². The first-order valence-corrected chi connectivity index (χ1v) is 7.17. The van der Waals surface area contributed by atoms with Gasteiger partial charge in [0.2, 0.25) is 0 Å². The summed E-state index contributed by atoms with van der Waals surface area (Å²) in [6, 6.07) is 4.45. The Morgan fingerprint density at radius 1 is 1.50 bits per heavy atom. The van der Waals surface area contributed by atoms with Crippen molar-refractivity contribution in [1.82, 2.24) is 14.7 Å². The van der Waals surface area contributed by atoms with Gasteiger partial charge < -0.3 is 4.90 Å². The highest BCUT2D eigenvalue weighted by atomic mass is 15.2. The maximum atomic E-state index is 9.12. The molecule has 0 amide bonds. The van der Waals surface area contributed by atoms with E-state index in [1.165, 1.54) is 12.0 Å². The molecular formula is C15H21N5. The second-order valence-corrected chi connectivity index (χ2v) is 5.66. The second kappa shape index (κ2) is 7.07. The SMILES string of the molecule is Cn1cc(C[C@@H]2CCN(C[C@@H](C#N)CCC#N)C2)cn1. The summed E-state index contributed by atoms with van der Waals surface area (Å²) in [6.07, 6.45) is 7.44. The minimum atomic E-state index is -0.00760. The van der Waals surface area contributed by atoms with Crippen molar-refractivity contribution in [3.63, 3.8) is 0 Å². The van der Waals surface area contributed by atoms with Gasteiger partial charge in [-0.05, 0) is 37.3 Å². The smallest absolute Gasteiger partial charge is 0.0669 e. The van der Waals surface area contributed by atoms with E-state index in [1.807, 2.05) is 17.9 Å². The Kier molecular flexibility index (Phi) is 5.15. The molecule has 2 heterocycles. The van der Waals surface area contributed by atoms with Crippen molar-refractivity contribution in [2.24, 2.45) is 18.9 Å². The Hall–Kier alpha value is -1.85. The van der Waals surface area contributed by atoms with Crippen LogP contribution in [0.3, 0.4) is 0 Å². The topological polar surface area (TPSA) is 68.6 Å². The minimum absolute atomic E-state index is 0.00760. The van der Waals surface area contributed by atoms with Crippen molar-refractivity contribution in [2.45, 2.75) is 25.7 Å². The standard InChI is InChI=1S/C15H21N5/c1-19-10-15(9-18-19)7-13-4-6-20(11-13)12-14(8-17)3-2-5-16/h9-10,13-14H,2-4,6-7,11-12H2,1H3/t13-,14+/m0/s1. The minimum Gasteiger partial charge on any atom is -0.302 e. The number of aromatic nitrogens is 2. The quantitative estimate of drug-likeness (QED) is 0.790. The molecule has 1 fully saturated rings. The van der Waals surface area contributed by atoms with E-state index in [9.17, 15) is 0 Å². The third-order valence-corrected chi connectivity index (χ3v) is 3.92. The third kappa shape index (κ3) is 4.08. The monoisotopic (exact) mass is 271 g/mol. The predicted molar refractivity (Wildman–Crippen MR) is 75.4 cm³/mol. The van der Waals surface area contributed by atoms with Gasteiger partial charge in [0.1, 0.15) is 0 Å². The molecule has 0 bridgehead atoms. The molecule has 2 rings (SSSR count). The molecule has 0 saturated carbocycles. The summed E-state index contributed by atoms with van der Waals surface area (Å²) in [5, 5.41) is 21.9. The zero-order chi connectivity index (χ0) is 14.4. The van der Waals surface area contributed by atoms with Crippen LogP contribution in [0.4, 0.5) is 0 Å². The highest BCUT2D eigenvalue weighted by Crippen LogP contribution is 2.22. The predicted octanol–water partition coefficient (Wildman–Crippen LogP) is 1.73. The molecule has 0 aliphatic carbocycles. The second-order valence-electron chi connectivity index (χ2n) is 5.66. The van der Waals surface area contributed by atoms with E-state index in [0.29, 0.717) is 18.8 Å². The van der Waals surface area contributed by atoms with Crippen molar-refractivity contribution in [3.8, 4) is 12.1 Å². The number of hydrogen-bond donors (Lipinski definition) is 0. The normalized spacial score (nSPS) is 20.4. The largest absolute Gasteiger partial charge is 0.302 e. The van der Waals surface area contributed by atoms with Crippen molar-refractivity contribution in [3.05, 3.63) is 18.0 Å². The fourth-order valence-electron chi connectivity index (χ4n) is 2.90. The molecule has 0 radical (unpaired) electrons. The first-order valence-electron chi connectivity index (χ1n) is 7.17. The van der Waals surface area contributed by atoms with Crippen molar-refractivity contribution >= 4 is 0 Å². The maximum absolute atomic E-state index is 9.12. The van der Waals surface area contributed by atoms with E-state index in [0.717, 1.165) is 26.1 Å². The van der Waals surface area contributed by atoms with Crippen LogP contribution in [0.1, 0.15) is 24.8 Å². The van der Waals surface area contributed by atoms with E-state index in [4.69, 9.17) is 10.5 Å². The number of rotatable bonds is 6. The van der Waals surface area contributed by atoms with Gasteiger partial charge in [-0.2, -0.15) is 15.6 Å². The lowest BCUT2D eigenvalue weighted by atomic mass is 10.0. The number of aryl methyl sites for hydroxylation is 1. The number of nitriles is 2. The summed E-state index contributed by atoms with van der Waals surface area (Å²) >= 11 is 0. The zero-order valence-corrected chi connectivity index (χ0v) is 12.0. The summed E-state index contributed by atoms with van der Waals surface area (Å²) in [6.45, 7) is 2.93. The molecule has 1 aliphatic rings. The van der Waals surface area contributed by atoms with Crippen LogP contribution in [0.15, 0.2) is 12.4 Å². The lowest BCUT2D eigenvalue weighted by Crippen LogP contribution is -2.27. The van der Waals surface area contributed by atoms with Crippen molar-refractivity contribution in [2.75, 3.05) is 19.6 Å². The molecule has 1 saturated heterocycles. The molecule has 0 N–H and O–H groups in total. The van der Waals surface area contributed by atoms with E-state index >= 15 is 0 Å². The van der Waals surface area contributed by atoms with E-state index in [1.54, 1.807) is 0 Å². The summed E-state index contributed by atoms with van der Waals surface area (Å²) < 4.78 is 1.84. The molecule has 0 spiro atoms. The van der Waals surface area contributed by atoms with Gasteiger partial charge in [0.25, 0.3) is 0 Å². The Labute approximate surface area is 120 Å². The summed E-state index contributed by atoms with van der Waals surface area (Å²) in [4.78, 5) is 2.37. The van der Waals surface area contributed by atoms with Crippen molar-refractivity contribution in [1.29, 1.82) is 10.5 Å². The van der Waals surface area contributed by atoms with Crippen LogP contribution < -0.4 is 0 Å². The summed E-state index contributed by atoms with van der Waals surface area (Å²) in [5.74, 6) is 0.654. The lowest BCUT2D eigenvalue weighted by molar-refractivity contribution is 0.288. The number of hydrogen-bond acceptors (Lipinski definition) is 4. The average molecular weight is 271 g/mol. The van der Waals surface area contributed by atoms with Gasteiger partial charge >= 0.3 is 0 Å². The Bertz CT molecular complexity index is 507. The highest BCUT2D eigenvalue weighted by Gasteiger charge is 2.25. The van der Waals surface area contributed by atoms with Crippen LogP contribution in [0, 0.1) is 34.5 Å². The van der Waals surface area contributed by atoms with Crippen LogP contribution in [0.2, 0.25) is 0 Å². The van der Waals surface area contributed by atoms with Gasteiger partial charge in [-0.15, -0.1) is 0 Å². The molecule has 20 heavy (non-hydrogen) atoms. The van der Waals surface area contributed by atoms with Gasteiger partial charge in [-0.3, -0.25) is 4.68 Å². The molecule has 5 heteroatoms. The van der Waals surface area contributed by atoms with Gasteiger partial charge in [0, 0.05) is 32.8 Å². The highest BCUT2D eigenvalue weighted by molar-refractivity contribution is 5.05. The van der Waals surface area contributed by atoms with Crippen LogP contribution in [-0.2, 0) is 13.5 Å². The average Bonchev–Trinajstić information content (AvgIpc) is 3.04. The molecule has 2 atom stereocenters. The van der Waals surface area contributed by atoms with Crippen LogP contribution in [0.5, 0.6) is 0 Å². The third-order valence-electron chi connectivity index (χ3n) is 3.92. The fraction of sp³-hybridized carbons (Fsp3) is 0.667. The fourth-order valence-corrected chi connectivity index (χ4v) is 2.90. The molecule has 1 aromatic rings. The molecule has 0 unspecified atom stereocenters. The van der Waals surface area contributed by atoms with Gasteiger partial charge in [-0.1, -0.05) is 0 Å². The molecule has 1 aliphatic heterocycles. The Morgan fingerprint density at radius 3 is 3.00 bits per heavy atom. The molecule has 1 aromatic heterocycles. The maximum Gasteiger partial charge on any atom is 0.0669 e. The lowest BCUT2D eigenvalue weighted by Gasteiger charge is -2.18. The molecule has 5 nitrogen and oxygen atoms in total. The first kappa shape index (κ1) is 14.6. The van der Waals surface area contributed by atoms with E-state index < -0.39 is 0 Å². The molecular weight excluding hydrogens is 250 g/mol. The first-order chi connectivity index (χ1) is 9.71. The van der Waals surface area contributed by atoms with Crippen LogP contribution in [-0.4, -0.2) is 34.3 Å². The number of likely N-dealkylation sites (tertiary alicyclic amines) is 1. The summed E-state index contributed by atoms with van der Waals surface area (Å²) in [7, 11) is 1.94. The molecule has 106 valence electrons. The Balaban J connectivity index is 1.77. The van der Waals surface area contributed by atoms with Crippen molar-refractivity contribution < 1.29 is 0 Å². The zero-order valence-electron chi connectivity index (χ0n) is 12.0. The summed E-state index contributed by atoms with van der Waals surface area (Å²) in [5.41, 5.74) is 1.29. The Morgan fingerprint density at radius 2 is 2.35 bits per heavy atom. The number of nitrogens with zero attached hydrogens (tertiary/aromatic N) is 5. The van der Waals surface area contributed by atoms with Gasteiger partial charge in [0.05, 0.1) is 24.3 Å². The van der Waals surface area contributed by atoms with E-state index in [-0.39, 0.29) is 5.92 Å². The molecule has 0 aromatic carbocycles.